The summed E-state index contributed by atoms with van der Waals surface area (Å²) in [6.07, 6.45) is 0. The topological polar surface area (TPSA) is 0 Å². The van der Waals surface area contributed by atoms with Crippen molar-refractivity contribution in [1.82, 2.24) is 0 Å². The van der Waals surface area contributed by atoms with E-state index in [1.807, 2.05) is 24.3 Å². The van der Waals surface area contributed by atoms with Gasteiger partial charge in [-0.2, -0.15) is 0 Å². The summed E-state index contributed by atoms with van der Waals surface area (Å²) >= 11 is 18.6. The normalized spacial score (nSPS) is 11.2. The molecule has 0 aliphatic carbocycles. The Bertz CT molecular complexity index is 732. The first-order valence-corrected chi connectivity index (χ1v) is 6.10. The van der Waals surface area contributed by atoms with Crippen LogP contribution in [0.1, 0.15) is 0 Å². The number of benzene rings is 3. The number of halogens is 3. The van der Waals surface area contributed by atoms with Crippen LogP contribution in [0, 0.1) is 12.1 Å². The van der Waals surface area contributed by atoms with E-state index in [2.05, 4.69) is 12.1 Å². The Kier molecular flexibility index (Phi) is 2.67. The minimum Gasteiger partial charge on any atom is -0.0829 e. The second-order valence-electron chi connectivity index (χ2n) is 3.68. The van der Waals surface area contributed by atoms with Crippen molar-refractivity contribution >= 4 is 56.3 Å². The van der Waals surface area contributed by atoms with E-state index in [0.717, 1.165) is 21.5 Å². The summed E-state index contributed by atoms with van der Waals surface area (Å²) in [4.78, 5) is 0. The second kappa shape index (κ2) is 4.06. The molecule has 2 radical (unpaired) electrons. The van der Waals surface area contributed by atoms with Gasteiger partial charge in [-0.15, -0.1) is 0 Å². The van der Waals surface area contributed by atoms with Crippen molar-refractivity contribution in [3.63, 3.8) is 0 Å². The third-order valence-corrected chi connectivity index (χ3v) is 3.92. The zero-order valence-electron chi connectivity index (χ0n) is 8.52. The summed E-state index contributed by atoms with van der Waals surface area (Å²) in [6, 6.07) is 15.3. The molecule has 17 heavy (non-hydrogen) atoms. The van der Waals surface area contributed by atoms with Gasteiger partial charge in [-0.1, -0.05) is 59.1 Å². The maximum atomic E-state index is 6.26. The van der Waals surface area contributed by atoms with Gasteiger partial charge >= 0.3 is 0 Å². The Morgan fingerprint density at radius 2 is 1.59 bits per heavy atom. The van der Waals surface area contributed by atoms with Gasteiger partial charge in [0.25, 0.3) is 0 Å². The van der Waals surface area contributed by atoms with E-state index < -0.39 is 0 Å². The Balaban J connectivity index is 2.70. The van der Waals surface area contributed by atoms with Crippen molar-refractivity contribution in [2.45, 2.75) is 0 Å². The molecule has 0 spiro atoms. The van der Waals surface area contributed by atoms with Crippen molar-refractivity contribution in [1.29, 1.82) is 0 Å². The maximum Gasteiger partial charge on any atom is 0.0692 e. The minimum absolute atomic E-state index is 0.468. The lowest BCUT2D eigenvalue weighted by Crippen LogP contribution is -1.83. The highest BCUT2D eigenvalue weighted by molar-refractivity contribution is 6.51. The van der Waals surface area contributed by atoms with Crippen molar-refractivity contribution < 1.29 is 0 Å². The largest absolute Gasteiger partial charge is 0.0829 e. The quantitative estimate of drug-likeness (QED) is 0.473. The molecule has 0 aliphatic rings. The first-order chi connectivity index (χ1) is 8.20. The highest BCUT2D eigenvalue weighted by Gasteiger charge is 2.13. The van der Waals surface area contributed by atoms with Crippen LogP contribution >= 0.6 is 34.8 Å². The van der Waals surface area contributed by atoms with E-state index in [9.17, 15) is 0 Å². The molecule has 3 aromatic rings. The number of rotatable bonds is 0. The van der Waals surface area contributed by atoms with Crippen LogP contribution in [-0.2, 0) is 0 Å². The average Bonchev–Trinajstić information content (AvgIpc) is 2.36. The third-order valence-electron chi connectivity index (χ3n) is 2.75. The van der Waals surface area contributed by atoms with E-state index in [0.29, 0.717) is 15.1 Å². The minimum atomic E-state index is 0.468. The predicted molar refractivity (Wildman–Crippen MR) is 74.2 cm³/mol. The van der Waals surface area contributed by atoms with Gasteiger partial charge in [0.05, 0.1) is 15.1 Å². The van der Waals surface area contributed by atoms with E-state index in [1.165, 1.54) is 0 Å². The average molecular weight is 280 g/mol. The number of hydrogen-bond donors (Lipinski definition) is 0. The first-order valence-electron chi connectivity index (χ1n) is 4.97. The standard InChI is InChI=1S/C14H5Cl3/c15-11-7-3-6-9-8-4-1-2-5-10(8)13(16)14(17)12(9)11/h1,3-6H. The van der Waals surface area contributed by atoms with Gasteiger partial charge in [0.1, 0.15) is 0 Å². The van der Waals surface area contributed by atoms with Crippen LogP contribution in [0.4, 0.5) is 0 Å². The number of hydrogen-bond acceptors (Lipinski definition) is 0. The summed E-state index contributed by atoms with van der Waals surface area (Å²) in [5.41, 5.74) is 0. The molecule has 0 atom stereocenters. The molecule has 0 nitrogen and oxygen atoms in total. The molecule has 0 saturated carbocycles. The van der Waals surface area contributed by atoms with E-state index in [4.69, 9.17) is 34.8 Å². The van der Waals surface area contributed by atoms with Gasteiger partial charge < -0.3 is 0 Å². The molecule has 3 aromatic carbocycles. The van der Waals surface area contributed by atoms with Crippen LogP contribution in [0.2, 0.25) is 15.1 Å². The first kappa shape index (κ1) is 11.2. The van der Waals surface area contributed by atoms with Gasteiger partial charge in [-0.25, -0.2) is 0 Å². The van der Waals surface area contributed by atoms with Crippen molar-refractivity contribution in [3.05, 3.63) is 57.5 Å². The molecule has 0 heterocycles. The van der Waals surface area contributed by atoms with Gasteiger partial charge in [-0.3, -0.25) is 0 Å². The summed E-state index contributed by atoms with van der Waals surface area (Å²) in [5, 5.41) is 5.09. The summed E-state index contributed by atoms with van der Waals surface area (Å²) < 4.78 is 0. The molecule has 3 heteroatoms. The van der Waals surface area contributed by atoms with Gasteiger partial charge in [0, 0.05) is 16.8 Å². The Morgan fingerprint density at radius 1 is 0.824 bits per heavy atom. The molecule has 0 unspecified atom stereocenters. The Hall–Kier alpha value is -0.950. The monoisotopic (exact) mass is 278 g/mol. The van der Waals surface area contributed by atoms with Crippen molar-refractivity contribution in [2.24, 2.45) is 0 Å². The molecule has 0 amide bonds. The lowest BCUT2D eigenvalue weighted by molar-refractivity contribution is 1.74. The third kappa shape index (κ3) is 1.60. The van der Waals surface area contributed by atoms with Crippen LogP contribution in [0.25, 0.3) is 21.5 Å². The van der Waals surface area contributed by atoms with E-state index >= 15 is 0 Å². The Labute approximate surface area is 114 Å². The fourth-order valence-corrected chi connectivity index (χ4v) is 2.84. The molecule has 0 saturated heterocycles. The van der Waals surface area contributed by atoms with E-state index in [-0.39, 0.29) is 0 Å². The molecule has 0 fully saturated rings. The van der Waals surface area contributed by atoms with Crippen molar-refractivity contribution in [3.8, 4) is 0 Å². The summed E-state index contributed by atoms with van der Waals surface area (Å²) in [7, 11) is 0. The molecule has 82 valence electrons. The molecular weight excluding hydrogens is 275 g/mol. The van der Waals surface area contributed by atoms with Gasteiger partial charge in [0.2, 0.25) is 0 Å². The second-order valence-corrected chi connectivity index (χ2v) is 4.81. The maximum absolute atomic E-state index is 6.26. The van der Waals surface area contributed by atoms with Crippen LogP contribution < -0.4 is 0 Å². The molecule has 0 bridgehead atoms. The van der Waals surface area contributed by atoms with Gasteiger partial charge in [-0.05, 0) is 22.9 Å². The molecular formula is C14H5Cl3. The predicted octanol–water partition coefficient (Wildman–Crippen LogP) is 5.55. The molecule has 0 aliphatic heterocycles. The smallest absolute Gasteiger partial charge is 0.0692 e. The molecule has 0 aromatic heterocycles. The SMILES string of the molecule is Clc1c(Cl)c2c(Cl)[c]ccc2c2cc[c]cc12. The number of fused-ring (bicyclic) bond motifs is 3. The summed E-state index contributed by atoms with van der Waals surface area (Å²) in [5.74, 6) is 0. The summed E-state index contributed by atoms with van der Waals surface area (Å²) in [6.45, 7) is 0. The van der Waals surface area contributed by atoms with Crippen LogP contribution in [-0.4, -0.2) is 0 Å². The highest BCUT2D eigenvalue weighted by atomic mass is 35.5. The molecule has 0 N–H and O–H groups in total. The zero-order valence-corrected chi connectivity index (χ0v) is 10.8. The fraction of sp³-hybridized carbons (Fsp3) is 0. The van der Waals surface area contributed by atoms with Crippen LogP contribution in [0.15, 0.2) is 30.3 Å². The van der Waals surface area contributed by atoms with E-state index in [1.54, 1.807) is 6.07 Å². The lowest BCUT2D eigenvalue weighted by Gasteiger charge is -2.09. The highest BCUT2D eigenvalue weighted by Crippen LogP contribution is 2.41. The van der Waals surface area contributed by atoms with Crippen molar-refractivity contribution in [2.75, 3.05) is 0 Å². The van der Waals surface area contributed by atoms with Gasteiger partial charge in [0.15, 0.2) is 0 Å². The van der Waals surface area contributed by atoms with Crippen LogP contribution in [0.3, 0.4) is 0 Å². The lowest BCUT2D eigenvalue weighted by atomic mass is 10.0. The van der Waals surface area contributed by atoms with Crippen LogP contribution in [0.5, 0.6) is 0 Å². The fourth-order valence-electron chi connectivity index (χ4n) is 1.99. The zero-order chi connectivity index (χ0) is 12.0. The Morgan fingerprint density at radius 3 is 2.41 bits per heavy atom. The molecule has 3 rings (SSSR count).